The van der Waals surface area contributed by atoms with E-state index >= 15 is 0 Å². The summed E-state index contributed by atoms with van der Waals surface area (Å²) >= 11 is 5.74. The summed E-state index contributed by atoms with van der Waals surface area (Å²) in [5.74, 6) is -2.77. The van der Waals surface area contributed by atoms with Crippen molar-refractivity contribution in [3.63, 3.8) is 0 Å². The molecule has 20 heavy (non-hydrogen) atoms. The highest BCUT2D eigenvalue weighted by atomic mass is 35.5. The quantitative estimate of drug-likeness (QED) is 0.712. The molecule has 0 aliphatic carbocycles. The van der Waals surface area contributed by atoms with Crippen molar-refractivity contribution in [1.82, 2.24) is 5.32 Å². The van der Waals surface area contributed by atoms with E-state index in [4.69, 9.17) is 21.8 Å². The van der Waals surface area contributed by atoms with Gasteiger partial charge < -0.3 is 15.5 Å². The number of rotatable bonds is 7. The van der Waals surface area contributed by atoms with Gasteiger partial charge in [-0.3, -0.25) is 9.59 Å². The molecular weight excluding hydrogens is 286 g/mol. The van der Waals surface area contributed by atoms with Crippen molar-refractivity contribution >= 4 is 29.4 Å². The fourth-order valence-corrected chi connectivity index (χ4v) is 1.78. The molecule has 0 bridgehead atoms. The molecule has 0 heterocycles. The van der Waals surface area contributed by atoms with Crippen LogP contribution >= 0.6 is 11.6 Å². The van der Waals surface area contributed by atoms with Crippen LogP contribution in [0.3, 0.4) is 0 Å². The van der Waals surface area contributed by atoms with E-state index in [1.807, 2.05) is 0 Å². The Bertz CT molecular complexity index is 517. The minimum absolute atomic E-state index is 0.0495. The highest BCUT2D eigenvalue weighted by Gasteiger charge is 2.20. The normalized spacial score (nSPS) is 11.7. The Morgan fingerprint density at radius 3 is 2.50 bits per heavy atom. The third kappa shape index (κ3) is 5.27. The maximum Gasteiger partial charge on any atom is 0.326 e. The number of carboxylic acid groups (broad SMARTS) is 2. The first kappa shape index (κ1) is 16.0. The fourth-order valence-electron chi connectivity index (χ4n) is 1.59. The Hall–Kier alpha value is -2.08. The van der Waals surface area contributed by atoms with Crippen LogP contribution in [0.1, 0.15) is 29.6 Å². The molecule has 0 spiro atoms. The highest BCUT2D eigenvalue weighted by Crippen LogP contribution is 2.11. The molecule has 108 valence electrons. The van der Waals surface area contributed by atoms with E-state index in [-0.39, 0.29) is 24.8 Å². The number of nitrogens with one attached hydrogen (secondary N) is 1. The standard InChI is InChI=1S/C13H14ClNO5/c14-9-4-1-3-8(7-9)12(18)15-10(13(19)20)5-2-6-11(16)17/h1,3-4,7,10H,2,5-6H2,(H,15,18)(H,16,17)(H,19,20). The molecule has 0 fully saturated rings. The average Bonchev–Trinajstić information content (AvgIpc) is 2.36. The molecule has 1 aromatic rings. The predicted octanol–water partition coefficient (Wildman–Crippen LogP) is 1.78. The third-order valence-electron chi connectivity index (χ3n) is 2.57. The Morgan fingerprint density at radius 1 is 1.25 bits per heavy atom. The molecule has 1 unspecified atom stereocenters. The van der Waals surface area contributed by atoms with Crippen molar-refractivity contribution < 1.29 is 24.6 Å². The third-order valence-corrected chi connectivity index (χ3v) is 2.81. The van der Waals surface area contributed by atoms with Crippen molar-refractivity contribution in [3.8, 4) is 0 Å². The zero-order valence-corrected chi connectivity index (χ0v) is 11.3. The minimum atomic E-state index is -1.20. The van der Waals surface area contributed by atoms with Crippen molar-refractivity contribution in [2.75, 3.05) is 0 Å². The number of hydrogen-bond acceptors (Lipinski definition) is 3. The van der Waals surface area contributed by atoms with Gasteiger partial charge in [0.05, 0.1) is 0 Å². The van der Waals surface area contributed by atoms with Crippen LogP contribution in [0.5, 0.6) is 0 Å². The summed E-state index contributed by atoms with van der Waals surface area (Å²) in [5, 5.41) is 20.2. The zero-order chi connectivity index (χ0) is 15.1. The van der Waals surface area contributed by atoms with E-state index in [0.29, 0.717) is 5.02 Å². The van der Waals surface area contributed by atoms with E-state index in [0.717, 1.165) is 0 Å². The maximum absolute atomic E-state index is 11.9. The predicted molar refractivity (Wildman–Crippen MR) is 71.8 cm³/mol. The molecule has 0 saturated carbocycles. The van der Waals surface area contributed by atoms with Crippen LogP contribution in [0.15, 0.2) is 24.3 Å². The first-order chi connectivity index (χ1) is 9.40. The second-order valence-corrected chi connectivity index (χ2v) is 4.60. The van der Waals surface area contributed by atoms with Gasteiger partial charge in [0.25, 0.3) is 5.91 Å². The lowest BCUT2D eigenvalue weighted by molar-refractivity contribution is -0.140. The van der Waals surface area contributed by atoms with Gasteiger partial charge in [0.2, 0.25) is 0 Å². The van der Waals surface area contributed by atoms with Crippen LogP contribution in [0.2, 0.25) is 5.02 Å². The Kier molecular flexibility index (Phi) is 5.99. The molecule has 0 aliphatic rings. The summed E-state index contributed by atoms with van der Waals surface area (Å²) in [4.78, 5) is 33.3. The van der Waals surface area contributed by atoms with E-state index in [1.165, 1.54) is 12.1 Å². The van der Waals surface area contributed by atoms with Crippen LogP contribution < -0.4 is 5.32 Å². The van der Waals surface area contributed by atoms with Crippen LogP contribution in [0.25, 0.3) is 0 Å². The molecule has 6 nitrogen and oxygen atoms in total. The van der Waals surface area contributed by atoms with Gasteiger partial charge in [0.15, 0.2) is 0 Å². The lowest BCUT2D eigenvalue weighted by atomic mass is 10.1. The number of benzene rings is 1. The summed E-state index contributed by atoms with van der Waals surface area (Å²) in [6.45, 7) is 0. The van der Waals surface area contributed by atoms with E-state index in [2.05, 4.69) is 5.32 Å². The molecule has 0 radical (unpaired) electrons. The highest BCUT2D eigenvalue weighted by molar-refractivity contribution is 6.30. The smallest absolute Gasteiger partial charge is 0.326 e. The van der Waals surface area contributed by atoms with Gasteiger partial charge in [0.1, 0.15) is 6.04 Å². The van der Waals surface area contributed by atoms with Crippen molar-refractivity contribution in [2.24, 2.45) is 0 Å². The molecule has 0 aliphatic heterocycles. The molecular formula is C13H14ClNO5. The summed E-state index contributed by atoms with van der Waals surface area (Å²) in [6.07, 6.45) is 0.0763. The minimum Gasteiger partial charge on any atom is -0.481 e. The Labute approximate surface area is 120 Å². The van der Waals surface area contributed by atoms with Crippen molar-refractivity contribution in [2.45, 2.75) is 25.3 Å². The Balaban J connectivity index is 2.63. The van der Waals surface area contributed by atoms with E-state index in [9.17, 15) is 14.4 Å². The van der Waals surface area contributed by atoms with E-state index in [1.54, 1.807) is 12.1 Å². The number of carboxylic acids is 2. The summed E-state index contributed by atoms with van der Waals surface area (Å²) in [6, 6.07) is 4.99. The second-order valence-electron chi connectivity index (χ2n) is 4.16. The van der Waals surface area contributed by atoms with Gasteiger partial charge in [-0.05, 0) is 31.0 Å². The molecule has 1 atom stereocenters. The lowest BCUT2D eigenvalue weighted by Crippen LogP contribution is -2.40. The number of carbonyl (C=O) groups excluding carboxylic acids is 1. The van der Waals surface area contributed by atoms with Gasteiger partial charge >= 0.3 is 11.9 Å². The summed E-state index contributed by atoms with van der Waals surface area (Å²) < 4.78 is 0. The Morgan fingerprint density at radius 2 is 1.95 bits per heavy atom. The molecule has 0 aromatic heterocycles. The molecule has 1 rings (SSSR count). The molecule has 3 N–H and O–H groups in total. The topological polar surface area (TPSA) is 104 Å². The maximum atomic E-state index is 11.9. The number of halogens is 1. The van der Waals surface area contributed by atoms with Crippen LogP contribution in [-0.4, -0.2) is 34.1 Å². The first-order valence-electron chi connectivity index (χ1n) is 5.91. The number of hydrogen-bond donors (Lipinski definition) is 3. The molecule has 7 heteroatoms. The molecule has 1 amide bonds. The number of amides is 1. The average molecular weight is 300 g/mol. The van der Waals surface area contributed by atoms with Crippen molar-refractivity contribution in [3.05, 3.63) is 34.9 Å². The van der Waals surface area contributed by atoms with E-state index < -0.39 is 23.9 Å². The van der Waals surface area contributed by atoms with Gasteiger partial charge in [-0.15, -0.1) is 0 Å². The first-order valence-corrected chi connectivity index (χ1v) is 6.29. The monoisotopic (exact) mass is 299 g/mol. The van der Waals surface area contributed by atoms with Crippen molar-refractivity contribution in [1.29, 1.82) is 0 Å². The lowest BCUT2D eigenvalue weighted by Gasteiger charge is -2.14. The zero-order valence-electron chi connectivity index (χ0n) is 10.5. The fraction of sp³-hybridized carbons (Fsp3) is 0.308. The van der Waals surface area contributed by atoms with Gasteiger partial charge in [-0.25, -0.2) is 4.79 Å². The summed E-state index contributed by atoms with van der Waals surface area (Å²) in [7, 11) is 0. The van der Waals surface area contributed by atoms with Gasteiger partial charge in [0, 0.05) is 17.0 Å². The van der Waals surface area contributed by atoms with Crippen LogP contribution in [-0.2, 0) is 9.59 Å². The van der Waals surface area contributed by atoms with Gasteiger partial charge in [-0.2, -0.15) is 0 Å². The van der Waals surface area contributed by atoms with Crippen LogP contribution in [0.4, 0.5) is 0 Å². The van der Waals surface area contributed by atoms with Crippen LogP contribution in [0, 0.1) is 0 Å². The number of aliphatic carboxylic acids is 2. The van der Waals surface area contributed by atoms with Gasteiger partial charge in [-0.1, -0.05) is 17.7 Å². The summed E-state index contributed by atoms with van der Waals surface area (Å²) in [5.41, 5.74) is 0.252. The molecule has 1 aromatic carbocycles. The molecule has 0 saturated heterocycles. The largest absolute Gasteiger partial charge is 0.481 e. The number of carbonyl (C=O) groups is 3. The second kappa shape index (κ2) is 7.49. The SMILES string of the molecule is O=C(O)CCCC(NC(=O)c1cccc(Cl)c1)C(=O)O.